The van der Waals surface area contributed by atoms with Crippen LogP contribution in [0, 0.1) is 5.92 Å². The predicted octanol–water partition coefficient (Wildman–Crippen LogP) is 2.98. The number of hydrogen-bond donors (Lipinski definition) is 2. The number of thiophene rings is 1. The van der Waals surface area contributed by atoms with Crippen molar-refractivity contribution in [2.75, 3.05) is 19.6 Å². The molecule has 1 amide bonds. The van der Waals surface area contributed by atoms with Crippen LogP contribution in [0.3, 0.4) is 0 Å². The molecule has 2 N–H and O–H groups in total. The van der Waals surface area contributed by atoms with Crippen LogP contribution in [0.2, 0.25) is 0 Å². The second kappa shape index (κ2) is 9.22. The van der Waals surface area contributed by atoms with Gasteiger partial charge in [-0.3, -0.25) is 4.79 Å². The van der Waals surface area contributed by atoms with Crippen molar-refractivity contribution in [1.29, 1.82) is 0 Å². The summed E-state index contributed by atoms with van der Waals surface area (Å²) in [6.45, 7) is 5.29. The molecule has 5 nitrogen and oxygen atoms in total. The van der Waals surface area contributed by atoms with Gasteiger partial charge in [0.15, 0.2) is 5.96 Å². The Hall–Kier alpha value is -1.56. The standard InChI is InChI=1S/C19H30N4OS/c1-2-20-19(21-12-15-9-11-25-14-15)22-17-8-10-23(13-17)18(24)16-6-4-3-5-7-16/h9,11,14,16-17H,2-8,10,12-13H2,1H3,(H2,20,21,22). The Kier molecular flexibility index (Phi) is 6.73. The van der Waals surface area contributed by atoms with E-state index >= 15 is 0 Å². The molecule has 1 aliphatic heterocycles. The number of nitrogens with one attached hydrogen (secondary N) is 2. The number of guanidine groups is 1. The molecular weight excluding hydrogens is 332 g/mol. The SMILES string of the molecule is CCNC(=NCc1ccsc1)NC1CCN(C(=O)C2CCCCC2)C1. The van der Waals surface area contributed by atoms with Gasteiger partial charge in [-0.15, -0.1) is 0 Å². The Bertz CT molecular complexity index is 566. The van der Waals surface area contributed by atoms with Crippen LogP contribution >= 0.6 is 11.3 Å². The summed E-state index contributed by atoms with van der Waals surface area (Å²) in [4.78, 5) is 19.4. The Morgan fingerprint density at radius 3 is 2.88 bits per heavy atom. The summed E-state index contributed by atoms with van der Waals surface area (Å²) >= 11 is 1.70. The summed E-state index contributed by atoms with van der Waals surface area (Å²) in [6, 6.07) is 2.41. The summed E-state index contributed by atoms with van der Waals surface area (Å²) < 4.78 is 0. The number of aliphatic imine (C=N–C) groups is 1. The molecule has 1 saturated carbocycles. The summed E-state index contributed by atoms with van der Waals surface area (Å²) in [5.41, 5.74) is 1.24. The highest BCUT2D eigenvalue weighted by molar-refractivity contribution is 7.07. The number of nitrogens with zero attached hydrogens (tertiary/aromatic N) is 2. The largest absolute Gasteiger partial charge is 0.357 e. The van der Waals surface area contributed by atoms with E-state index < -0.39 is 0 Å². The molecule has 2 heterocycles. The van der Waals surface area contributed by atoms with Gasteiger partial charge in [-0.25, -0.2) is 4.99 Å². The highest BCUT2D eigenvalue weighted by Crippen LogP contribution is 2.26. The van der Waals surface area contributed by atoms with Crippen LogP contribution in [0.5, 0.6) is 0 Å². The van der Waals surface area contributed by atoms with Gasteiger partial charge in [-0.2, -0.15) is 11.3 Å². The van der Waals surface area contributed by atoms with Gasteiger partial charge in [-0.1, -0.05) is 19.3 Å². The van der Waals surface area contributed by atoms with Gasteiger partial charge in [0.1, 0.15) is 0 Å². The van der Waals surface area contributed by atoms with E-state index in [0.717, 1.165) is 44.9 Å². The van der Waals surface area contributed by atoms with Crippen molar-refractivity contribution in [2.45, 2.75) is 58.0 Å². The summed E-state index contributed by atoms with van der Waals surface area (Å²) in [5.74, 6) is 1.50. The highest BCUT2D eigenvalue weighted by atomic mass is 32.1. The molecule has 1 saturated heterocycles. The monoisotopic (exact) mass is 362 g/mol. The molecule has 2 fully saturated rings. The van der Waals surface area contributed by atoms with Gasteiger partial charge < -0.3 is 15.5 Å². The number of carbonyl (C=O) groups is 1. The lowest BCUT2D eigenvalue weighted by molar-refractivity contribution is -0.135. The first-order valence-electron chi connectivity index (χ1n) is 9.61. The minimum atomic E-state index is 0.271. The average molecular weight is 363 g/mol. The van der Waals surface area contributed by atoms with Crippen molar-refractivity contribution in [3.63, 3.8) is 0 Å². The van der Waals surface area contributed by atoms with E-state index in [1.54, 1.807) is 11.3 Å². The molecule has 0 spiro atoms. The number of amides is 1. The zero-order valence-corrected chi connectivity index (χ0v) is 16.0. The molecule has 1 aliphatic carbocycles. The molecule has 25 heavy (non-hydrogen) atoms. The second-order valence-corrected chi connectivity index (χ2v) is 7.86. The number of hydrogen-bond acceptors (Lipinski definition) is 3. The first kappa shape index (κ1) is 18.2. The second-order valence-electron chi connectivity index (χ2n) is 7.08. The lowest BCUT2D eigenvalue weighted by Gasteiger charge is -2.26. The molecule has 0 aromatic carbocycles. The molecule has 1 aromatic heterocycles. The van der Waals surface area contributed by atoms with Crippen molar-refractivity contribution in [2.24, 2.45) is 10.9 Å². The Labute approximate surface area is 154 Å². The van der Waals surface area contributed by atoms with Crippen molar-refractivity contribution in [1.82, 2.24) is 15.5 Å². The lowest BCUT2D eigenvalue weighted by atomic mass is 9.88. The zero-order chi connectivity index (χ0) is 17.5. The van der Waals surface area contributed by atoms with Crippen LogP contribution in [-0.2, 0) is 11.3 Å². The molecule has 1 aromatic rings. The van der Waals surface area contributed by atoms with Crippen LogP contribution in [0.1, 0.15) is 51.0 Å². The summed E-state index contributed by atoms with van der Waals surface area (Å²) in [7, 11) is 0. The Morgan fingerprint density at radius 1 is 1.32 bits per heavy atom. The summed E-state index contributed by atoms with van der Waals surface area (Å²) in [6.07, 6.45) is 6.88. The van der Waals surface area contributed by atoms with Gasteiger partial charge in [0.05, 0.1) is 6.54 Å². The van der Waals surface area contributed by atoms with E-state index in [0.29, 0.717) is 18.5 Å². The van der Waals surface area contributed by atoms with E-state index in [4.69, 9.17) is 0 Å². The van der Waals surface area contributed by atoms with Crippen molar-refractivity contribution in [3.8, 4) is 0 Å². The van der Waals surface area contributed by atoms with Gasteiger partial charge in [0.25, 0.3) is 0 Å². The smallest absolute Gasteiger partial charge is 0.225 e. The van der Waals surface area contributed by atoms with Crippen LogP contribution in [0.25, 0.3) is 0 Å². The highest BCUT2D eigenvalue weighted by Gasteiger charge is 2.31. The van der Waals surface area contributed by atoms with E-state index in [-0.39, 0.29) is 5.92 Å². The van der Waals surface area contributed by atoms with Gasteiger partial charge in [-0.05, 0) is 48.6 Å². The van der Waals surface area contributed by atoms with E-state index in [9.17, 15) is 4.79 Å². The Morgan fingerprint density at radius 2 is 2.16 bits per heavy atom. The zero-order valence-electron chi connectivity index (χ0n) is 15.2. The lowest BCUT2D eigenvalue weighted by Crippen LogP contribution is -2.45. The molecule has 6 heteroatoms. The Balaban J connectivity index is 1.51. The molecule has 138 valence electrons. The van der Waals surface area contributed by atoms with E-state index in [1.807, 2.05) is 0 Å². The number of likely N-dealkylation sites (tertiary alicyclic amines) is 1. The first-order valence-corrected chi connectivity index (χ1v) is 10.5. The van der Waals surface area contributed by atoms with Crippen molar-refractivity contribution >= 4 is 23.2 Å². The number of carbonyl (C=O) groups excluding carboxylic acids is 1. The van der Waals surface area contributed by atoms with Crippen LogP contribution in [-0.4, -0.2) is 42.4 Å². The molecular formula is C19H30N4OS. The van der Waals surface area contributed by atoms with Crippen LogP contribution < -0.4 is 10.6 Å². The normalized spacial score (nSPS) is 22.2. The maximum absolute atomic E-state index is 12.7. The van der Waals surface area contributed by atoms with Crippen LogP contribution in [0.4, 0.5) is 0 Å². The maximum atomic E-state index is 12.7. The molecule has 0 bridgehead atoms. The first-order chi connectivity index (χ1) is 12.3. The summed E-state index contributed by atoms with van der Waals surface area (Å²) in [5, 5.41) is 11.0. The topological polar surface area (TPSA) is 56.7 Å². The fraction of sp³-hybridized carbons (Fsp3) is 0.684. The van der Waals surface area contributed by atoms with Gasteiger partial charge in [0, 0.05) is 31.6 Å². The quantitative estimate of drug-likeness (QED) is 0.625. The molecule has 1 unspecified atom stereocenters. The fourth-order valence-corrected chi connectivity index (χ4v) is 4.41. The minimum absolute atomic E-state index is 0.271. The van der Waals surface area contributed by atoms with Crippen LogP contribution in [0.15, 0.2) is 21.8 Å². The van der Waals surface area contributed by atoms with E-state index in [2.05, 4.69) is 44.3 Å². The maximum Gasteiger partial charge on any atom is 0.225 e. The fourth-order valence-electron chi connectivity index (χ4n) is 3.75. The van der Waals surface area contributed by atoms with Crippen molar-refractivity contribution in [3.05, 3.63) is 22.4 Å². The third kappa shape index (κ3) is 5.21. The molecule has 3 rings (SSSR count). The molecule has 0 radical (unpaired) electrons. The minimum Gasteiger partial charge on any atom is -0.357 e. The molecule has 1 atom stereocenters. The third-order valence-electron chi connectivity index (χ3n) is 5.14. The predicted molar refractivity (Wildman–Crippen MR) is 104 cm³/mol. The number of rotatable bonds is 5. The average Bonchev–Trinajstić information content (AvgIpc) is 3.32. The van der Waals surface area contributed by atoms with Gasteiger partial charge in [0.2, 0.25) is 5.91 Å². The van der Waals surface area contributed by atoms with Crippen molar-refractivity contribution < 1.29 is 4.79 Å². The van der Waals surface area contributed by atoms with Gasteiger partial charge >= 0.3 is 0 Å². The molecule has 2 aliphatic rings. The van der Waals surface area contributed by atoms with E-state index in [1.165, 1.54) is 24.8 Å². The third-order valence-corrected chi connectivity index (χ3v) is 5.87.